The van der Waals surface area contributed by atoms with Crippen molar-refractivity contribution in [3.63, 3.8) is 0 Å². The summed E-state index contributed by atoms with van der Waals surface area (Å²) < 4.78 is 11.9. The Morgan fingerprint density at radius 2 is 1.94 bits per heavy atom. The number of aromatic nitrogens is 3. The lowest BCUT2D eigenvalue weighted by atomic mass is 10.2. The number of carbonyl (C=O) groups excluding carboxylic acids is 2. The van der Waals surface area contributed by atoms with Gasteiger partial charge in [-0.05, 0) is 37.3 Å². The van der Waals surface area contributed by atoms with Gasteiger partial charge in [-0.2, -0.15) is 0 Å². The number of ether oxygens (including phenoxy) is 2. The van der Waals surface area contributed by atoms with E-state index in [2.05, 4.69) is 15.5 Å². The molecular formula is C22H24N6O4S. The van der Waals surface area contributed by atoms with Gasteiger partial charge < -0.3 is 25.5 Å². The maximum absolute atomic E-state index is 13.2. The molecule has 3 N–H and O–H groups in total. The molecule has 1 aliphatic heterocycles. The fraction of sp³-hybridized carbons (Fsp3) is 0.273. The average Bonchev–Trinajstić information content (AvgIpc) is 3.11. The van der Waals surface area contributed by atoms with E-state index in [0.717, 1.165) is 0 Å². The number of amides is 2. The van der Waals surface area contributed by atoms with E-state index in [1.165, 1.54) is 16.4 Å². The number of nitrogens with one attached hydrogen (secondary N) is 1. The number of benzene rings is 2. The Labute approximate surface area is 195 Å². The van der Waals surface area contributed by atoms with Gasteiger partial charge in [-0.15, -0.1) is 10.2 Å². The number of anilines is 2. The van der Waals surface area contributed by atoms with Gasteiger partial charge in [-0.3, -0.25) is 9.59 Å². The Morgan fingerprint density at radius 1 is 1.18 bits per heavy atom. The fourth-order valence-corrected chi connectivity index (χ4v) is 4.43. The lowest BCUT2D eigenvalue weighted by Crippen LogP contribution is -2.40. The van der Waals surface area contributed by atoms with E-state index in [0.29, 0.717) is 39.4 Å². The van der Waals surface area contributed by atoms with Crippen LogP contribution in [0.5, 0.6) is 11.5 Å². The molecule has 33 heavy (non-hydrogen) atoms. The first-order valence-electron chi connectivity index (χ1n) is 10.2. The van der Waals surface area contributed by atoms with Crippen molar-refractivity contribution in [3.05, 3.63) is 42.5 Å². The number of nitrogens with zero attached hydrogens (tertiary/aromatic N) is 4. The van der Waals surface area contributed by atoms with Gasteiger partial charge in [-0.1, -0.05) is 23.9 Å². The van der Waals surface area contributed by atoms with Crippen molar-refractivity contribution in [2.24, 2.45) is 0 Å². The summed E-state index contributed by atoms with van der Waals surface area (Å²) in [6.07, 6.45) is 0.210. The molecule has 0 aliphatic carbocycles. The molecule has 1 aliphatic rings. The van der Waals surface area contributed by atoms with Gasteiger partial charge in [-0.25, -0.2) is 4.68 Å². The third-order valence-electron chi connectivity index (χ3n) is 5.26. The van der Waals surface area contributed by atoms with E-state index < -0.39 is 0 Å². The summed E-state index contributed by atoms with van der Waals surface area (Å²) in [6.45, 7) is 1.85. The molecule has 2 amide bonds. The van der Waals surface area contributed by atoms with E-state index in [1.54, 1.807) is 43.4 Å². The number of para-hydroxylation sites is 2. The van der Waals surface area contributed by atoms with E-state index in [-0.39, 0.29) is 30.0 Å². The predicted molar refractivity (Wildman–Crippen MR) is 126 cm³/mol. The summed E-state index contributed by atoms with van der Waals surface area (Å²) in [5, 5.41) is 11.6. The molecule has 3 aromatic rings. The molecule has 11 heteroatoms. The number of carbonyl (C=O) groups is 2. The normalized spacial score (nSPS) is 15.4. The maximum Gasteiger partial charge on any atom is 0.237 e. The molecule has 0 radical (unpaired) electrons. The molecule has 10 nitrogen and oxygen atoms in total. The molecular weight excluding hydrogens is 444 g/mol. The number of nitrogens with two attached hydrogens (primary N) is 1. The Bertz CT molecular complexity index is 1200. The van der Waals surface area contributed by atoms with E-state index >= 15 is 0 Å². The summed E-state index contributed by atoms with van der Waals surface area (Å²) in [7, 11) is 3.11. The Morgan fingerprint density at radius 3 is 2.70 bits per heavy atom. The Balaban J connectivity index is 1.53. The second kappa shape index (κ2) is 9.41. The first-order valence-corrected chi connectivity index (χ1v) is 11.2. The highest BCUT2D eigenvalue weighted by atomic mass is 32.2. The fourth-order valence-electron chi connectivity index (χ4n) is 3.71. The first kappa shape index (κ1) is 22.5. The van der Waals surface area contributed by atoms with Crippen molar-refractivity contribution < 1.29 is 19.1 Å². The molecule has 172 valence electrons. The minimum atomic E-state index is -0.292. The summed E-state index contributed by atoms with van der Waals surface area (Å²) in [6, 6.07) is 12.3. The monoisotopic (exact) mass is 468 g/mol. The van der Waals surface area contributed by atoms with Crippen LogP contribution in [-0.4, -0.2) is 52.7 Å². The maximum atomic E-state index is 13.2. The summed E-state index contributed by atoms with van der Waals surface area (Å²) in [5.74, 6) is 7.57. The molecule has 0 fully saturated rings. The van der Waals surface area contributed by atoms with Crippen molar-refractivity contribution in [2.75, 3.05) is 36.0 Å². The van der Waals surface area contributed by atoms with Crippen LogP contribution in [0.4, 0.5) is 11.4 Å². The van der Waals surface area contributed by atoms with Crippen molar-refractivity contribution in [1.82, 2.24) is 14.9 Å². The van der Waals surface area contributed by atoms with E-state index in [1.807, 2.05) is 25.1 Å². The van der Waals surface area contributed by atoms with Crippen molar-refractivity contribution in [1.29, 1.82) is 0 Å². The highest BCUT2D eigenvalue weighted by molar-refractivity contribution is 7.99. The van der Waals surface area contributed by atoms with Crippen LogP contribution in [-0.2, 0) is 9.59 Å². The molecule has 0 saturated heterocycles. The largest absolute Gasteiger partial charge is 0.493 e. The Kier molecular flexibility index (Phi) is 6.40. The predicted octanol–water partition coefficient (Wildman–Crippen LogP) is 2.53. The lowest BCUT2D eigenvalue weighted by molar-refractivity contribution is -0.117. The minimum absolute atomic E-state index is 0.0775. The van der Waals surface area contributed by atoms with Gasteiger partial charge in [0.1, 0.15) is 0 Å². The van der Waals surface area contributed by atoms with Crippen LogP contribution in [0.1, 0.15) is 13.3 Å². The number of thioether (sulfide) groups is 1. The zero-order chi connectivity index (χ0) is 23.5. The van der Waals surface area contributed by atoms with Gasteiger partial charge in [0.15, 0.2) is 17.3 Å². The molecule has 2 heterocycles. The molecule has 0 unspecified atom stereocenters. The van der Waals surface area contributed by atoms with Gasteiger partial charge >= 0.3 is 0 Å². The molecule has 0 spiro atoms. The second-order valence-corrected chi connectivity index (χ2v) is 8.36. The van der Waals surface area contributed by atoms with Crippen molar-refractivity contribution in [2.45, 2.75) is 24.5 Å². The van der Waals surface area contributed by atoms with Crippen LogP contribution in [0.2, 0.25) is 0 Å². The van der Waals surface area contributed by atoms with Gasteiger partial charge in [0.25, 0.3) is 0 Å². The third kappa shape index (κ3) is 4.44. The van der Waals surface area contributed by atoms with Crippen LogP contribution < -0.4 is 25.5 Å². The highest BCUT2D eigenvalue weighted by Crippen LogP contribution is 2.34. The van der Waals surface area contributed by atoms with Crippen LogP contribution in [0.3, 0.4) is 0 Å². The SMILES string of the molecule is COc1ccc(-c2nnc(SCC(=O)N3c4ccccc4NC(=O)C[C@H]3C)n2N)cc1OC. The summed E-state index contributed by atoms with van der Waals surface area (Å²) in [4.78, 5) is 27.0. The van der Waals surface area contributed by atoms with Crippen LogP contribution in [0.25, 0.3) is 11.4 Å². The number of rotatable bonds is 6. The highest BCUT2D eigenvalue weighted by Gasteiger charge is 2.29. The smallest absolute Gasteiger partial charge is 0.237 e. The van der Waals surface area contributed by atoms with E-state index in [4.69, 9.17) is 15.3 Å². The topological polar surface area (TPSA) is 125 Å². The van der Waals surface area contributed by atoms with Crippen LogP contribution >= 0.6 is 11.8 Å². The average molecular weight is 469 g/mol. The van der Waals surface area contributed by atoms with E-state index in [9.17, 15) is 9.59 Å². The van der Waals surface area contributed by atoms with Gasteiger partial charge in [0, 0.05) is 18.0 Å². The van der Waals surface area contributed by atoms with Crippen molar-refractivity contribution in [3.8, 4) is 22.9 Å². The second-order valence-electron chi connectivity index (χ2n) is 7.42. The number of fused-ring (bicyclic) bond motifs is 1. The molecule has 0 saturated carbocycles. The van der Waals surface area contributed by atoms with Crippen LogP contribution in [0, 0.1) is 0 Å². The summed E-state index contributed by atoms with van der Waals surface area (Å²) >= 11 is 1.18. The Hall–Kier alpha value is -3.73. The molecule has 2 aromatic carbocycles. The quantitative estimate of drug-likeness (QED) is 0.418. The first-order chi connectivity index (χ1) is 15.9. The number of methoxy groups -OCH3 is 2. The van der Waals surface area contributed by atoms with Crippen molar-refractivity contribution >= 4 is 35.0 Å². The molecule has 4 rings (SSSR count). The van der Waals surface area contributed by atoms with Gasteiger partial charge in [0.2, 0.25) is 17.0 Å². The standard InChI is InChI=1S/C22H24N6O4S/c1-13-10-19(29)24-15-6-4-5-7-16(15)27(13)20(30)12-33-22-26-25-21(28(22)23)14-8-9-17(31-2)18(11-14)32-3/h4-9,11,13H,10,12,23H2,1-3H3,(H,24,29)/t13-/m1/s1. The third-order valence-corrected chi connectivity index (χ3v) is 6.19. The lowest BCUT2D eigenvalue weighted by Gasteiger charge is -2.27. The molecule has 1 aromatic heterocycles. The number of hydrogen-bond donors (Lipinski definition) is 2. The number of nitrogen functional groups attached to an aromatic ring is 1. The summed E-state index contributed by atoms with van der Waals surface area (Å²) in [5.41, 5.74) is 1.98. The molecule has 0 bridgehead atoms. The minimum Gasteiger partial charge on any atom is -0.493 e. The van der Waals surface area contributed by atoms with Crippen LogP contribution in [0.15, 0.2) is 47.6 Å². The zero-order valence-electron chi connectivity index (χ0n) is 18.4. The zero-order valence-corrected chi connectivity index (χ0v) is 19.3. The van der Waals surface area contributed by atoms with Gasteiger partial charge in [0.05, 0.1) is 31.3 Å². The molecule has 1 atom stereocenters. The number of hydrogen-bond acceptors (Lipinski definition) is 8.